The van der Waals surface area contributed by atoms with Gasteiger partial charge in [0.25, 0.3) is 0 Å². The number of nitrogens with one attached hydrogen (secondary N) is 1. The minimum Gasteiger partial charge on any atom is -0.309 e. The minimum atomic E-state index is 0.184. The van der Waals surface area contributed by atoms with Crippen molar-refractivity contribution in [1.82, 2.24) is 0 Å². The van der Waals surface area contributed by atoms with Crippen LogP contribution in [0.2, 0.25) is 0 Å². The van der Waals surface area contributed by atoms with Gasteiger partial charge in [-0.2, -0.15) is 0 Å². The van der Waals surface area contributed by atoms with Crippen LogP contribution in [0.5, 0.6) is 0 Å². The highest BCUT2D eigenvalue weighted by Gasteiger charge is 2.81. The average Bonchev–Trinajstić information content (AvgIpc) is 2.87. The molecule has 2 rings (SSSR count). The first-order chi connectivity index (χ1) is 9.92. The van der Waals surface area contributed by atoms with Crippen molar-refractivity contribution in [1.29, 1.82) is 5.41 Å². The van der Waals surface area contributed by atoms with Gasteiger partial charge in [-0.1, -0.05) is 66.2 Å². The SMILES string of the molecule is CCCC1(CCC)C2(CCCCC(C)CC2)C1(C)C(C)=N. The number of hydrogen-bond donors (Lipinski definition) is 1. The molecule has 2 aliphatic rings. The van der Waals surface area contributed by atoms with E-state index < -0.39 is 0 Å². The number of rotatable bonds is 5. The van der Waals surface area contributed by atoms with Crippen LogP contribution in [0.3, 0.4) is 0 Å². The first-order valence-corrected chi connectivity index (χ1v) is 9.47. The fourth-order valence-electron chi connectivity index (χ4n) is 6.39. The van der Waals surface area contributed by atoms with Crippen molar-refractivity contribution in [2.24, 2.45) is 22.2 Å². The third-order valence-electron chi connectivity index (χ3n) is 7.49. The number of hydrogen-bond acceptors (Lipinski definition) is 1. The Bertz CT molecular complexity index is 379. The highest BCUT2D eigenvalue weighted by Crippen LogP contribution is 2.85. The summed E-state index contributed by atoms with van der Waals surface area (Å²) in [5.74, 6) is 0.888. The van der Waals surface area contributed by atoms with Crippen LogP contribution in [0.25, 0.3) is 0 Å². The smallest absolute Gasteiger partial charge is 0.0173 e. The van der Waals surface area contributed by atoms with Crippen LogP contribution in [0.4, 0.5) is 0 Å². The Hall–Kier alpha value is -0.330. The maximum atomic E-state index is 8.56. The van der Waals surface area contributed by atoms with Crippen molar-refractivity contribution < 1.29 is 0 Å². The van der Waals surface area contributed by atoms with Gasteiger partial charge in [0.15, 0.2) is 0 Å². The highest BCUT2D eigenvalue weighted by molar-refractivity contribution is 5.91. The summed E-state index contributed by atoms with van der Waals surface area (Å²) >= 11 is 0. The lowest BCUT2D eigenvalue weighted by Crippen LogP contribution is -2.20. The van der Waals surface area contributed by atoms with Crippen LogP contribution >= 0.6 is 0 Å². The molecule has 1 heteroatoms. The highest BCUT2D eigenvalue weighted by atomic mass is 14.9. The predicted molar refractivity (Wildman–Crippen MR) is 93.1 cm³/mol. The second-order valence-corrected chi connectivity index (χ2v) is 8.30. The molecule has 0 aromatic heterocycles. The monoisotopic (exact) mass is 291 g/mol. The molecule has 1 N–H and O–H groups in total. The van der Waals surface area contributed by atoms with Crippen molar-refractivity contribution in [2.75, 3.05) is 0 Å². The van der Waals surface area contributed by atoms with Gasteiger partial charge in [-0.05, 0) is 49.4 Å². The van der Waals surface area contributed by atoms with Gasteiger partial charge in [-0.3, -0.25) is 0 Å². The van der Waals surface area contributed by atoms with Crippen molar-refractivity contribution in [3.8, 4) is 0 Å². The standard InChI is InChI=1S/C20H37N/c1-6-12-19(13-7-2)18(5,17(4)21)20(19)14-9-8-10-16(3)11-15-20/h16,21H,6-15H2,1-5H3. The lowest BCUT2D eigenvalue weighted by molar-refractivity contribution is 0.217. The quantitative estimate of drug-likeness (QED) is 0.551. The van der Waals surface area contributed by atoms with Gasteiger partial charge in [-0.15, -0.1) is 0 Å². The molecule has 0 aromatic rings. The van der Waals surface area contributed by atoms with E-state index in [-0.39, 0.29) is 5.41 Å². The Morgan fingerprint density at radius 1 is 1.05 bits per heavy atom. The molecule has 0 aromatic carbocycles. The van der Waals surface area contributed by atoms with Gasteiger partial charge >= 0.3 is 0 Å². The summed E-state index contributed by atoms with van der Waals surface area (Å²) in [5.41, 5.74) is 2.04. The van der Waals surface area contributed by atoms with Crippen LogP contribution in [0, 0.1) is 27.6 Å². The zero-order valence-corrected chi connectivity index (χ0v) is 15.1. The van der Waals surface area contributed by atoms with Gasteiger partial charge in [0.2, 0.25) is 0 Å². The van der Waals surface area contributed by atoms with Crippen LogP contribution < -0.4 is 0 Å². The van der Waals surface area contributed by atoms with E-state index >= 15 is 0 Å². The first kappa shape index (κ1) is 17.0. The Morgan fingerprint density at radius 3 is 2.19 bits per heavy atom. The topological polar surface area (TPSA) is 23.9 Å². The van der Waals surface area contributed by atoms with Crippen LogP contribution in [-0.2, 0) is 0 Å². The molecule has 3 unspecified atom stereocenters. The van der Waals surface area contributed by atoms with Crippen molar-refractivity contribution >= 4 is 5.71 Å². The molecule has 21 heavy (non-hydrogen) atoms. The molecule has 2 saturated carbocycles. The minimum absolute atomic E-state index is 0.184. The van der Waals surface area contributed by atoms with Gasteiger partial charge in [0.1, 0.15) is 0 Å². The molecule has 2 fully saturated rings. The largest absolute Gasteiger partial charge is 0.309 e. The normalized spacial score (nSPS) is 38.8. The van der Waals surface area contributed by atoms with E-state index in [1.165, 1.54) is 64.2 Å². The van der Waals surface area contributed by atoms with Crippen LogP contribution in [0.1, 0.15) is 98.8 Å². The summed E-state index contributed by atoms with van der Waals surface area (Å²) in [7, 11) is 0. The summed E-state index contributed by atoms with van der Waals surface area (Å²) < 4.78 is 0. The molecule has 0 saturated heterocycles. The molecule has 1 spiro atoms. The molecule has 0 radical (unpaired) electrons. The molecular weight excluding hydrogens is 254 g/mol. The van der Waals surface area contributed by atoms with E-state index in [1.54, 1.807) is 0 Å². The van der Waals surface area contributed by atoms with E-state index in [4.69, 9.17) is 5.41 Å². The maximum Gasteiger partial charge on any atom is 0.0173 e. The molecule has 0 heterocycles. The molecule has 2 aliphatic carbocycles. The average molecular weight is 292 g/mol. The molecule has 0 aliphatic heterocycles. The summed E-state index contributed by atoms with van der Waals surface area (Å²) in [4.78, 5) is 0. The van der Waals surface area contributed by atoms with E-state index in [9.17, 15) is 0 Å². The van der Waals surface area contributed by atoms with Gasteiger partial charge in [0, 0.05) is 11.1 Å². The molecule has 122 valence electrons. The summed E-state index contributed by atoms with van der Waals surface area (Å²) in [6.45, 7) is 11.7. The summed E-state index contributed by atoms with van der Waals surface area (Å²) in [6, 6.07) is 0. The zero-order valence-electron chi connectivity index (χ0n) is 15.1. The lowest BCUT2D eigenvalue weighted by atomic mass is 9.76. The second kappa shape index (κ2) is 6.05. The first-order valence-electron chi connectivity index (χ1n) is 9.47. The van der Waals surface area contributed by atoms with E-state index in [2.05, 4.69) is 34.6 Å². The van der Waals surface area contributed by atoms with Crippen molar-refractivity contribution in [3.05, 3.63) is 0 Å². The summed E-state index contributed by atoms with van der Waals surface area (Å²) in [5, 5.41) is 8.56. The predicted octanol–water partition coefficient (Wildman–Crippen LogP) is 6.61. The molecule has 0 amide bonds. The van der Waals surface area contributed by atoms with Crippen LogP contribution in [0.15, 0.2) is 0 Å². The van der Waals surface area contributed by atoms with Gasteiger partial charge in [-0.25, -0.2) is 0 Å². The second-order valence-electron chi connectivity index (χ2n) is 8.30. The third kappa shape index (κ3) is 2.21. The fourth-order valence-corrected chi connectivity index (χ4v) is 6.39. The summed E-state index contributed by atoms with van der Waals surface area (Å²) in [6.07, 6.45) is 13.6. The molecule has 0 bridgehead atoms. The third-order valence-corrected chi connectivity index (χ3v) is 7.49. The Balaban J connectivity index is 2.39. The van der Waals surface area contributed by atoms with Gasteiger partial charge < -0.3 is 5.41 Å². The van der Waals surface area contributed by atoms with Gasteiger partial charge in [0.05, 0.1) is 0 Å². The van der Waals surface area contributed by atoms with Crippen molar-refractivity contribution in [2.45, 2.75) is 98.8 Å². The molecule has 1 nitrogen and oxygen atoms in total. The Kier molecular flexibility index (Phi) is 4.90. The van der Waals surface area contributed by atoms with E-state index in [0.29, 0.717) is 10.8 Å². The molecular formula is C20H37N. The maximum absolute atomic E-state index is 8.56. The van der Waals surface area contributed by atoms with E-state index in [1.807, 2.05) is 0 Å². The zero-order chi connectivity index (χ0) is 15.7. The Morgan fingerprint density at radius 2 is 1.67 bits per heavy atom. The molecule has 3 atom stereocenters. The van der Waals surface area contributed by atoms with Crippen LogP contribution in [-0.4, -0.2) is 5.71 Å². The lowest BCUT2D eigenvalue weighted by Gasteiger charge is -2.29. The van der Waals surface area contributed by atoms with Crippen molar-refractivity contribution in [3.63, 3.8) is 0 Å². The fraction of sp³-hybridized carbons (Fsp3) is 0.950. The Labute approximate surface area is 132 Å². The van der Waals surface area contributed by atoms with E-state index in [0.717, 1.165) is 11.6 Å².